The summed E-state index contributed by atoms with van der Waals surface area (Å²) in [6, 6.07) is 0. The molecule has 0 atom stereocenters. The number of ether oxygens (including phenoxy) is 2. The van der Waals surface area contributed by atoms with Crippen LogP contribution in [-0.4, -0.2) is 100 Å². The number of morpholine rings is 2. The Bertz CT molecular complexity index is 372. The predicted octanol–water partition coefficient (Wildman–Crippen LogP) is -0.556. The van der Waals surface area contributed by atoms with Crippen molar-refractivity contribution in [3.8, 4) is 0 Å². The van der Waals surface area contributed by atoms with Crippen LogP contribution in [-0.2, 0) is 19.1 Å². The molecule has 0 aromatic carbocycles. The van der Waals surface area contributed by atoms with Crippen molar-refractivity contribution in [1.82, 2.24) is 20.4 Å². The Labute approximate surface area is 156 Å². The molecule has 8 heteroatoms. The van der Waals surface area contributed by atoms with Crippen LogP contribution in [0.25, 0.3) is 0 Å². The van der Waals surface area contributed by atoms with Gasteiger partial charge in [0.15, 0.2) is 0 Å². The van der Waals surface area contributed by atoms with Gasteiger partial charge in [0.05, 0.1) is 26.4 Å². The maximum Gasteiger partial charge on any atom is 0.220 e. The molecule has 2 N–H and O–H groups in total. The van der Waals surface area contributed by atoms with Crippen LogP contribution in [0.15, 0.2) is 0 Å². The van der Waals surface area contributed by atoms with Gasteiger partial charge in [-0.15, -0.1) is 0 Å². The third-order valence-electron chi connectivity index (χ3n) is 4.73. The molecule has 2 rings (SSSR count). The normalized spacial score (nSPS) is 19.2. The van der Waals surface area contributed by atoms with Crippen LogP contribution in [0.1, 0.15) is 25.7 Å². The molecule has 2 fully saturated rings. The van der Waals surface area contributed by atoms with Crippen molar-refractivity contribution in [2.75, 3.05) is 78.8 Å². The molecular weight excluding hydrogens is 336 g/mol. The highest BCUT2D eigenvalue weighted by atomic mass is 16.5. The molecule has 0 bridgehead atoms. The van der Waals surface area contributed by atoms with Gasteiger partial charge in [0, 0.05) is 52.1 Å². The molecule has 26 heavy (non-hydrogen) atoms. The maximum absolute atomic E-state index is 11.8. The monoisotopic (exact) mass is 370 g/mol. The van der Waals surface area contributed by atoms with Crippen molar-refractivity contribution < 1.29 is 19.1 Å². The van der Waals surface area contributed by atoms with E-state index in [1.165, 1.54) is 0 Å². The summed E-state index contributed by atoms with van der Waals surface area (Å²) in [5.41, 5.74) is 0. The molecule has 150 valence electrons. The van der Waals surface area contributed by atoms with E-state index in [0.717, 1.165) is 78.5 Å². The van der Waals surface area contributed by atoms with E-state index >= 15 is 0 Å². The molecule has 0 aromatic rings. The minimum atomic E-state index is -0.0459. The molecule has 8 nitrogen and oxygen atoms in total. The first-order valence-electron chi connectivity index (χ1n) is 9.87. The molecule has 2 amide bonds. The average molecular weight is 370 g/mol. The van der Waals surface area contributed by atoms with Crippen molar-refractivity contribution in [3.63, 3.8) is 0 Å². The number of nitrogens with one attached hydrogen (secondary N) is 2. The second-order valence-electron chi connectivity index (χ2n) is 6.82. The lowest BCUT2D eigenvalue weighted by Crippen LogP contribution is -2.38. The van der Waals surface area contributed by atoms with E-state index in [-0.39, 0.29) is 24.7 Å². The van der Waals surface area contributed by atoms with Gasteiger partial charge in [-0.05, 0) is 25.9 Å². The van der Waals surface area contributed by atoms with E-state index in [1.54, 1.807) is 0 Å². The van der Waals surface area contributed by atoms with Crippen LogP contribution < -0.4 is 10.6 Å². The number of amides is 2. The molecule has 2 saturated heterocycles. The van der Waals surface area contributed by atoms with E-state index in [2.05, 4.69) is 20.4 Å². The van der Waals surface area contributed by atoms with Gasteiger partial charge in [-0.25, -0.2) is 0 Å². The van der Waals surface area contributed by atoms with Gasteiger partial charge in [0.25, 0.3) is 0 Å². The summed E-state index contributed by atoms with van der Waals surface area (Å²) < 4.78 is 10.6. The number of rotatable bonds is 11. The zero-order valence-corrected chi connectivity index (χ0v) is 15.8. The van der Waals surface area contributed by atoms with Crippen LogP contribution >= 0.6 is 0 Å². The minimum absolute atomic E-state index is 0.0459. The second kappa shape index (κ2) is 13.0. The first kappa shape index (κ1) is 21.1. The summed E-state index contributed by atoms with van der Waals surface area (Å²) in [6.45, 7) is 10.4. The molecule has 0 spiro atoms. The number of nitrogens with zero attached hydrogens (tertiary/aromatic N) is 2. The van der Waals surface area contributed by atoms with Crippen LogP contribution in [0.2, 0.25) is 0 Å². The average Bonchev–Trinajstić information content (AvgIpc) is 2.68. The van der Waals surface area contributed by atoms with Crippen molar-refractivity contribution in [1.29, 1.82) is 0 Å². The van der Waals surface area contributed by atoms with Gasteiger partial charge in [-0.3, -0.25) is 19.4 Å². The molecule has 0 aliphatic carbocycles. The van der Waals surface area contributed by atoms with Crippen molar-refractivity contribution in [2.24, 2.45) is 0 Å². The zero-order valence-electron chi connectivity index (χ0n) is 15.8. The van der Waals surface area contributed by atoms with Crippen LogP contribution in [0, 0.1) is 0 Å². The van der Waals surface area contributed by atoms with Crippen molar-refractivity contribution in [3.05, 3.63) is 0 Å². The van der Waals surface area contributed by atoms with Gasteiger partial charge >= 0.3 is 0 Å². The first-order valence-corrected chi connectivity index (χ1v) is 9.87. The standard InChI is InChI=1S/C18H34N4O4/c23-17(19-5-1-7-21-9-13-25-14-10-21)3-4-18(24)20-6-2-8-22-11-15-26-16-12-22/h1-16H2,(H,19,23)(H,20,24). The molecule has 2 aliphatic heterocycles. The van der Waals surface area contributed by atoms with E-state index in [9.17, 15) is 9.59 Å². The van der Waals surface area contributed by atoms with Crippen molar-refractivity contribution >= 4 is 11.8 Å². The lowest BCUT2D eigenvalue weighted by atomic mass is 10.2. The second-order valence-corrected chi connectivity index (χ2v) is 6.82. The number of carbonyl (C=O) groups excluding carboxylic acids is 2. The Hall–Kier alpha value is -1.22. The summed E-state index contributed by atoms with van der Waals surface area (Å²) >= 11 is 0. The number of hydrogen-bond acceptors (Lipinski definition) is 6. The minimum Gasteiger partial charge on any atom is -0.379 e. The van der Waals surface area contributed by atoms with Gasteiger partial charge in [-0.1, -0.05) is 0 Å². The summed E-state index contributed by atoms with van der Waals surface area (Å²) in [6.07, 6.45) is 2.37. The summed E-state index contributed by atoms with van der Waals surface area (Å²) in [5, 5.41) is 5.79. The molecule has 0 saturated carbocycles. The fourth-order valence-electron chi connectivity index (χ4n) is 3.11. The van der Waals surface area contributed by atoms with Crippen LogP contribution in [0.5, 0.6) is 0 Å². The molecule has 2 aliphatic rings. The Morgan fingerprint density at radius 2 is 1.08 bits per heavy atom. The quantitative estimate of drug-likeness (QED) is 0.475. The van der Waals surface area contributed by atoms with Gasteiger partial charge < -0.3 is 20.1 Å². The topological polar surface area (TPSA) is 83.1 Å². The van der Waals surface area contributed by atoms with Crippen LogP contribution in [0.4, 0.5) is 0 Å². The highest BCUT2D eigenvalue weighted by molar-refractivity contribution is 5.83. The Balaban J connectivity index is 1.39. The third-order valence-corrected chi connectivity index (χ3v) is 4.73. The molecule has 0 radical (unpaired) electrons. The van der Waals surface area contributed by atoms with Crippen molar-refractivity contribution in [2.45, 2.75) is 25.7 Å². The maximum atomic E-state index is 11.8. The van der Waals surface area contributed by atoms with E-state index in [1.807, 2.05) is 0 Å². The largest absolute Gasteiger partial charge is 0.379 e. The molecule has 0 aromatic heterocycles. The fourth-order valence-corrected chi connectivity index (χ4v) is 3.11. The number of hydrogen-bond donors (Lipinski definition) is 2. The van der Waals surface area contributed by atoms with Gasteiger partial charge in [-0.2, -0.15) is 0 Å². The summed E-state index contributed by atoms with van der Waals surface area (Å²) in [4.78, 5) is 28.3. The lowest BCUT2D eigenvalue weighted by molar-refractivity contribution is -0.126. The Morgan fingerprint density at radius 3 is 1.46 bits per heavy atom. The predicted molar refractivity (Wildman–Crippen MR) is 99.0 cm³/mol. The number of carbonyl (C=O) groups is 2. The van der Waals surface area contributed by atoms with Gasteiger partial charge in [0.1, 0.15) is 0 Å². The van der Waals surface area contributed by atoms with E-state index in [4.69, 9.17) is 9.47 Å². The third kappa shape index (κ3) is 9.47. The lowest BCUT2D eigenvalue weighted by Gasteiger charge is -2.26. The van der Waals surface area contributed by atoms with Crippen LogP contribution in [0.3, 0.4) is 0 Å². The fraction of sp³-hybridized carbons (Fsp3) is 0.889. The van der Waals surface area contributed by atoms with E-state index in [0.29, 0.717) is 13.1 Å². The smallest absolute Gasteiger partial charge is 0.220 e. The summed E-state index contributed by atoms with van der Waals surface area (Å²) in [5.74, 6) is -0.0918. The first-order chi connectivity index (χ1) is 12.7. The Morgan fingerprint density at radius 1 is 0.692 bits per heavy atom. The SMILES string of the molecule is O=C(CCC(=O)NCCCN1CCOCC1)NCCCN1CCOCC1. The highest BCUT2D eigenvalue weighted by Gasteiger charge is 2.11. The molecule has 2 heterocycles. The summed E-state index contributed by atoms with van der Waals surface area (Å²) in [7, 11) is 0. The molecule has 0 unspecified atom stereocenters. The van der Waals surface area contributed by atoms with E-state index < -0.39 is 0 Å². The molecular formula is C18H34N4O4. The van der Waals surface area contributed by atoms with Gasteiger partial charge in [0.2, 0.25) is 11.8 Å². The highest BCUT2D eigenvalue weighted by Crippen LogP contribution is 1.99. The Kier molecular flexibility index (Phi) is 10.6. The zero-order chi connectivity index (χ0) is 18.5.